The Morgan fingerprint density at radius 2 is 2.47 bits per heavy atom. The van der Waals surface area contributed by atoms with Gasteiger partial charge in [-0.2, -0.15) is 5.10 Å². The van der Waals surface area contributed by atoms with Gasteiger partial charge in [-0.1, -0.05) is 0 Å². The maximum Gasteiger partial charge on any atom is 0.0538 e. The SMILES string of the molecule is COCC1CCN(C(CN)c2cnn(C)c2)C1. The molecule has 0 aromatic carbocycles. The van der Waals surface area contributed by atoms with Gasteiger partial charge >= 0.3 is 0 Å². The minimum absolute atomic E-state index is 0.297. The molecule has 1 aromatic heterocycles. The Morgan fingerprint density at radius 1 is 1.65 bits per heavy atom. The Hall–Kier alpha value is -0.910. The molecule has 0 amide bonds. The number of aryl methyl sites for hydroxylation is 1. The van der Waals surface area contributed by atoms with Gasteiger partial charge in [0.2, 0.25) is 0 Å². The van der Waals surface area contributed by atoms with Crippen molar-refractivity contribution in [2.75, 3.05) is 33.4 Å². The van der Waals surface area contributed by atoms with E-state index in [1.807, 2.05) is 17.9 Å². The molecule has 2 rings (SSSR count). The number of hydrogen-bond acceptors (Lipinski definition) is 4. The number of nitrogens with two attached hydrogens (primary N) is 1. The van der Waals surface area contributed by atoms with Crippen molar-refractivity contribution in [2.24, 2.45) is 18.7 Å². The van der Waals surface area contributed by atoms with Crippen LogP contribution in [-0.4, -0.2) is 48.0 Å². The third kappa shape index (κ3) is 2.86. The fourth-order valence-electron chi connectivity index (χ4n) is 2.63. The first-order valence-corrected chi connectivity index (χ1v) is 6.16. The lowest BCUT2D eigenvalue weighted by molar-refractivity contribution is 0.147. The summed E-state index contributed by atoms with van der Waals surface area (Å²) in [4.78, 5) is 2.45. The van der Waals surface area contributed by atoms with Crippen molar-refractivity contribution in [3.05, 3.63) is 18.0 Å². The lowest BCUT2D eigenvalue weighted by Gasteiger charge is -2.25. The van der Waals surface area contributed by atoms with Crippen LogP contribution in [0.3, 0.4) is 0 Å². The number of ether oxygens (including phenoxy) is 1. The maximum atomic E-state index is 5.90. The Kier molecular flexibility index (Phi) is 4.15. The highest BCUT2D eigenvalue weighted by molar-refractivity contribution is 5.11. The molecule has 0 radical (unpaired) electrons. The molecule has 1 aliphatic heterocycles. The summed E-state index contributed by atoms with van der Waals surface area (Å²) in [6.45, 7) is 3.67. The number of hydrogen-bond donors (Lipinski definition) is 1. The van der Waals surface area contributed by atoms with E-state index in [1.165, 1.54) is 12.0 Å². The molecule has 0 aliphatic carbocycles. The number of nitrogens with zero attached hydrogens (tertiary/aromatic N) is 3. The molecule has 2 N–H and O–H groups in total. The zero-order valence-electron chi connectivity index (χ0n) is 10.7. The summed E-state index contributed by atoms with van der Waals surface area (Å²) in [7, 11) is 3.71. The van der Waals surface area contributed by atoms with Gasteiger partial charge in [-0.15, -0.1) is 0 Å². The third-order valence-electron chi connectivity index (χ3n) is 3.49. The Bertz CT molecular complexity index is 352. The van der Waals surface area contributed by atoms with Crippen LogP contribution in [-0.2, 0) is 11.8 Å². The van der Waals surface area contributed by atoms with Gasteiger partial charge in [0.25, 0.3) is 0 Å². The highest BCUT2D eigenvalue weighted by Crippen LogP contribution is 2.26. The van der Waals surface area contributed by atoms with E-state index in [2.05, 4.69) is 16.2 Å². The third-order valence-corrected chi connectivity index (χ3v) is 3.49. The van der Waals surface area contributed by atoms with Crippen LogP contribution >= 0.6 is 0 Å². The first kappa shape index (κ1) is 12.5. The fraction of sp³-hybridized carbons (Fsp3) is 0.750. The van der Waals surface area contributed by atoms with Gasteiger partial charge in [0, 0.05) is 39.0 Å². The standard InChI is InChI=1S/C12H22N4O/c1-15-8-11(6-14-15)12(5-13)16-4-3-10(7-16)9-17-2/h6,8,10,12H,3-5,7,9,13H2,1-2H3. The molecular formula is C12H22N4O. The number of methoxy groups -OCH3 is 1. The van der Waals surface area contributed by atoms with Crippen LogP contribution in [0.2, 0.25) is 0 Å². The molecule has 1 aliphatic rings. The van der Waals surface area contributed by atoms with Crippen LogP contribution in [0.25, 0.3) is 0 Å². The minimum Gasteiger partial charge on any atom is -0.384 e. The lowest BCUT2D eigenvalue weighted by Crippen LogP contribution is -2.32. The summed E-state index contributed by atoms with van der Waals surface area (Å²) >= 11 is 0. The van der Waals surface area contributed by atoms with Crippen molar-refractivity contribution in [3.63, 3.8) is 0 Å². The van der Waals surface area contributed by atoms with Crippen molar-refractivity contribution >= 4 is 0 Å². The van der Waals surface area contributed by atoms with Gasteiger partial charge in [-0.3, -0.25) is 9.58 Å². The first-order valence-electron chi connectivity index (χ1n) is 6.16. The van der Waals surface area contributed by atoms with Crippen molar-refractivity contribution < 1.29 is 4.74 Å². The second kappa shape index (κ2) is 5.62. The highest BCUT2D eigenvalue weighted by Gasteiger charge is 2.28. The van der Waals surface area contributed by atoms with Crippen LogP contribution in [0.4, 0.5) is 0 Å². The molecule has 0 spiro atoms. The molecule has 2 unspecified atom stereocenters. The molecule has 17 heavy (non-hydrogen) atoms. The summed E-state index contributed by atoms with van der Waals surface area (Å²) in [6, 6.07) is 0.297. The van der Waals surface area contributed by atoms with E-state index in [0.717, 1.165) is 19.7 Å². The zero-order chi connectivity index (χ0) is 12.3. The average molecular weight is 238 g/mol. The molecule has 96 valence electrons. The molecule has 2 atom stereocenters. The average Bonchev–Trinajstić information content (AvgIpc) is 2.91. The Morgan fingerprint density at radius 3 is 3.06 bits per heavy atom. The van der Waals surface area contributed by atoms with E-state index in [1.54, 1.807) is 7.11 Å². The van der Waals surface area contributed by atoms with E-state index in [4.69, 9.17) is 10.5 Å². The molecule has 1 fully saturated rings. The molecule has 1 aromatic rings. The van der Waals surface area contributed by atoms with E-state index in [9.17, 15) is 0 Å². The van der Waals surface area contributed by atoms with E-state index < -0.39 is 0 Å². The molecule has 0 saturated carbocycles. The van der Waals surface area contributed by atoms with Crippen LogP contribution < -0.4 is 5.73 Å². The molecule has 5 nitrogen and oxygen atoms in total. The van der Waals surface area contributed by atoms with Crippen LogP contribution in [0, 0.1) is 5.92 Å². The van der Waals surface area contributed by atoms with Crippen molar-refractivity contribution in [1.82, 2.24) is 14.7 Å². The largest absolute Gasteiger partial charge is 0.384 e. The number of aromatic nitrogens is 2. The Labute approximate surface area is 103 Å². The van der Waals surface area contributed by atoms with Gasteiger partial charge in [0.05, 0.1) is 18.8 Å². The summed E-state index contributed by atoms with van der Waals surface area (Å²) < 4.78 is 7.06. The summed E-state index contributed by atoms with van der Waals surface area (Å²) in [5, 5.41) is 4.22. The van der Waals surface area contributed by atoms with E-state index >= 15 is 0 Å². The fourth-order valence-corrected chi connectivity index (χ4v) is 2.63. The molecule has 5 heteroatoms. The second-order valence-electron chi connectivity index (χ2n) is 4.80. The molecule has 0 bridgehead atoms. The van der Waals surface area contributed by atoms with E-state index in [0.29, 0.717) is 18.5 Å². The second-order valence-corrected chi connectivity index (χ2v) is 4.80. The van der Waals surface area contributed by atoms with Crippen molar-refractivity contribution in [3.8, 4) is 0 Å². The van der Waals surface area contributed by atoms with Crippen molar-refractivity contribution in [2.45, 2.75) is 12.5 Å². The van der Waals surface area contributed by atoms with Gasteiger partial charge in [0.15, 0.2) is 0 Å². The lowest BCUT2D eigenvalue weighted by atomic mass is 10.1. The number of likely N-dealkylation sites (tertiary alicyclic amines) is 1. The normalized spacial score (nSPS) is 23.1. The first-order chi connectivity index (χ1) is 8.24. The molecule has 2 heterocycles. The molecule has 1 saturated heterocycles. The topological polar surface area (TPSA) is 56.3 Å². The van der Waals surface area contributed by atoms with Crippen molar-refractivity contribution in [1.29, 1.82) is 0 Å². The summed E-state index contributed by atoms with van der Waals surface area (Å²) in [6.07, 6.45) is 5.17. The predicted molar refractivity (Wildman–Crippen MR) is 66.6 cm³/mol. The summed E-state index contributed by atoms with van der Waals surface area (Å²) in [5.41, 5.74) is 7.12. The number of rotatable bonds is 5. The maximum absolute atomic E-state index is 5.90. The molecular weight excluding hydrogens is 216 g/mol. The zero-order valence-corrected chi connectivity index (χ0v) is 10.7. The highest BCUT2D eigenvalue weighted by atomic mass is 16.5. The van der Waals surface area contributed by atoms with E-state index in [-0.39, 0.29) is 0 Å². The van der Waals surface area contributed by atoms with Crippen LogP contribution in [0.1, 0.15) is 18.0 Å². The smallest absolute Gasteiger partial charge is 0.0538 e. The van der Waals surface area contributed by atoms with Crippen LogP contribution in [0.15, 0.2) is 12.4 Å². The Balaban J connectivity index is 2.00. The summed E-state index contributed by atoms with van der Waals surface area (Å²) in [5.74, 6) is 0.644. The van der Waals surface area contributed by atoms with Gasteiger partial charge in [-0.05, 0) is 18.9 Å². The minimum atomic E-state index is 0.297. The quantitative estimate of drug-likeness (QED) is 0.806. The van der Waals surface area contributed by atoms with Gasteiger partial charge < -0.3 is 10.5 Å². The predicted octanol–water partition coefficient (Wildman–Crippen LogP) is 0.388. The monoisotopic (exact) mass is 238 g/mol. The van der Waals surface area contributed by atoms with Gasteiger partial charge in [-0.25, -0.2) is 0 Å². The van der Waals surface area contributed by atoms with Crippen LogP contribution in [0.5, 0.6) is 0 Å². The van der Waals surface area contributed by atoms with Gasteiger partial charge in [0.1, 0.15) is 0 Å².